The predicted molar refractivity (Wildman–Crippen MR) is 101 cm³/mol. The molecule has 6 heteroatoms. The lowest BCUT2D eigenvalue weighted by Crippen LogP contribution is -1.68. The second-order valence-corrected chi connectivity index (χ2v) is 12.2. The average molecular weight is 373 g/mol. The van der Waals surface area contributed by atoms with E-state index in [4.69, 9.17) is 0 Å². The molecule has 0 spiro atoms. The Bertz CT molecular complexity index is 880. The lowest BCUT2D eigenvalue weighted by atomic mass is 10.4. The number of rotatable bonds is 0. The molecule has 2 aromatic heterocycles. The highest BCUT2D eigenvalue weighted by molar-refractivity contribution is 7.43. The Labute approximate surface area is 140 Å². The Morgan fingerprint density at radius 3 is 0.900 bits per heavy atom. The molecule has 0 bridgehead atoms. The summed E-state index contributed by atoms with van der Waals surface area (Å²) < 4.78 is 8.97. The first-order chi connectivity index (χ1) is 9.54. The van der Waals surface area contributed by atoms with Gasteiger partial charge in [0.15, 0.2) is 0 Å². The van der Waals surface area contributed by atoms with E-state index in [-0.39, 0.29) is 0 Å². The van der Waals surface area contributed by atoms with Crippen LogP contribution in [0.1, 0.15) is 19.5 Å². The summed E-state index contributed by atoms with van der Waals surface area (Å²) in [6, 6.07) is 0. The van der Waals surface area contributed by atoms with Crippen LogP contribution in [0.4, 0.5) is 0 Å². The van der Waals surface area contributed by atoms with Gasteiger partial charge >= 0.3 is 0 Å². The molecule has 0 saturated heterocycles. The monoisotopic (exact) mass is 372 g/mol. The molecule has 2 aliphatic heterocycles. The molecule has 0 amide bonds. The predicted octanol–water partition coefficient (Wildman–Crippen LogP) is 7.44. The minimum atomic E-state index is 1.47. The van der Waals surface area contributed by atoms with Crippen LogP contribution in [0.5, 0.6) is 0 Å². The highest BCUT2D eigenvalue weighted by Gasteiger charge is 2.11. The Morgan fingerprint density at radius 2 is 0.650 bits per heavy atom. The molecule has 0 aromatic carbocycles. The van der Waals surface area contributed by atoms with E-state index in [1.54, 1.807) is 0 Å². The number of aryl methyl sites for hydroxylation is 4. The zero-order chi connectivity index (χ0) is 14.0. The molecule has 0 unspecified atom stereocenters. The second-order valence-electron chi connectivity index (χ2n) is 4.73. The number of thiophene rings is 2. The Morgan fingerprint density at radius 1 is 0.400 bits per heavy atom. The maximum absolute atomic E-state index is 2.25. The van der Waals surface area contributed by atoms with Crippen molar-refractivity contribution in [3.8, 4) is 0 Å². The summed E-state index contributed by atoms with van der Waals surface area (Å²) in [5.74, 6) is 0. The van der Waals surface area contributed by atoms with Crippen molar-refractivity contribution in [1.82, 2.24) is 0 Å². The van der Waals surface area contributed by atoms with E-state index in [1.807, 2.05) is 68.0 Å². The fraction of sp³-hybridized carbons (Fsp3) is 0.286. The van der Waals surface area contributed by atoms with Gasteiger partial charge in [0.25, 0.3) is 0 Å². The topological polar surface area (TPSA) is 0 Å². The first-order valence-corrected chi connectivity index (χ1v) is 11.1. The highest BCUT2D eigenvalue weighted by Crippen LogP contribution is 2.43. The van der Waals surface area contributed by atoms with Gasteiger partial charge in [0.1, 0.15) is 7.69 Å². The second kappa shape index (κ2) is 4.76. The van der Waals surface area contributed by atoms with Gasteiger partial charge in [-0.05, 0) is 27.7 Å². The first kappa shape index (κ1) is 13.7. The van der Waals surface area contributed by atoms with Crippen molar-refractivity contribution in [2.24, 2.45) is 0 Å². The fourth-order valence-electron chi connectivity index (χ4n) is 2.34. The molecule has 0 aliphatic carbocycles. The quantitative estimate of drug-likeness (QED) is 0.301. The molecule has 0 radical (unpaired) electrons. The Hall–Kier alpha value is 0.0200. The van der Waals surface area contributed by atoms with Crippen LogP contribution < -0.4 is 0 Å². The standard InChI is InChI=1S/C14H12S6/c1-5-9-10(6(2)15-5)18-14-13(17-9)19-11-7(3)16-8(4)12(11)20-14/h1-4H3. The van der Waals surface area contributed by atoms with Crippen molar-refractivity contribution in [3.05, 3.63) is 27.2 Å². The molecule has 0 saturated carbocycles. The average Bonchev–Trinajstić information content (AvgIpc) is 2.84. The summed E-state index contributed by atoms with van der Waals surface area (Å²) in [7, 11) is 0. The molecule has 104 valence electrons. The van der Waals surface area contributed by atoms with Crippen molar-refractivity contribution in [2.45, 2.75) is 27.7 Å². The van der Waals surface area contributed by atoms with Crippen molar-refractivity contribution >= 4 is 86.8 Å². The van der Waals surface area contributed by atoms with E-state index in [2.05, 4.69) is 27.7 Å². The molecule has 0 N–H and O–H groups in total. The lowest BCUT2D eigenvalue weighted by Gasteiger charge is -1.97. The van der Waals surface area contributed by atoms with Crippen molar-refractivity contribution in [2.75, 3.05) is 0 Å². The number of fused-ring (bicyclic) bond motifs is 2. The summed E-state index contributed by atoms with van der Waals surface area (Å²) in [5, 5.41) is 0. The third kappa shape index (κ3) is 1.93. The molecular weight excluding hydrogens is 361 g/mol. The van der Waals surface area contributed by atoms with E-state index < -0.39 is 0 Å². The van der Waals surface area contributed by atoms with Crippen molar-refractivity contribution in [3.63, 3.8) is 0 Å². The summed E-state index contributed by atoms with van der Waals surface area (Å²) >= 11 is 11.8. The normalized spacial score (nSPS) is 12.0. The van der Waals surface area contributed by atoms with Crippen molar-refractivity contribution in [1.29, 1.82) is 0 Å². The molecule has 4 heterocycles. The zero-order valence-corrected chi connectivity index (χ0v) is 16.3. The van der Waals surface area contributed by atoms with Gasteiger partial charge in [0, 0.05) is 19.5 Å². The minimum Gasteiger partial charge on any atom is -0.143 e. The molecule has 2 aliphatic rings. The Kier molecular flexibility index (Phi) is 3.25. The fourth-order valence-corrected chi connectivity index (χ4v) is 10.8. The maximum atomic E-state index is 2.25. The van der Waals surface area contributed by atoms with E-state index in [0.717, 1.165) is 0 Å². The van der Waals surface area contributed by atoms with Crippen LogP contribution in [0, 0.1) is 35.4 Å². The molecule has 4 rings (SSSR count). The van der Waals surface area contributed by atoms with Gasteiger partial charge in [0.05, 0.1) is 18.8 Å². The molecule has 0 atom stereocenters. The van der Waals surface area contributed by atoms with E-state index in [0.29, 0.717) is 0 Å². The van der Waals surface area contributed by atoms with Crippen LogP contribution in [0.3, 0.4) is 0 Å². The summed E-state index contributed by atoms with van der Waals surface area (Å²) in [6.45, 7) is 9.01. The molecule has 2 aromatic rings. The lowest BCUT2D eigenvalue weighted by molar-refractivity contribution is 1.71. The Balaban J connectivity index is 2.26. The zero-order valence-electron chi connectivity index (χ0n) is 11.4. The molecule has 0 fully saturated rings. The minimum absolute atomic E-state index is 1.47. The summed E-state index contributed by atoms with van der Waals surface area (Å²) in [4.78, 5) is 5.87. The van der Waals surface area contributed by atoms with Crippen molar-refractivity contribution < 1.29 is 0 Å². The largest absolute Gasteiger partial charge is 0.143 e. The van der Waals surface area contributed by atoms with Gasteiger partial charge in [-0.2, -0.15) is 0 Å². The van der Waals surface area contributed by atoms with Gasteiger partial charge in [-0.25, -0.2) is 0 Å². The van der Waals surface area contributed by atoms with E-state index in [1.165, 1.54) is 46.0 Å². The van der Waals surface area contributed by atoms with E-state index in [9.17, 15) is 0 Å². The van der Waals surface area contributed by atoms with E-state index >= 15 is 0 Å². The van der Waals surface area contributed by atoms with Gasteiger partial charge < -0.3 is 0 Å². The van der Waals surface area contributed by atoms with Crippen LogP contribution in [0.2, 0.25) is 0 Å². The van der Waals surface area contributed by atoms with Gasteiger partial charge in [-0.1, -0.05) is 0 Å². The maximum Gasteiger partial charge on any atom is 0.108 e. The van der Waals surface area contributed by atoms with Crippen LogP contribution in [-0.4, -0.2) is 0 Å². The van der Waals surface area contributed by atoms with Crippen LogP contribution in [0.25, 0.3) is 18.8 Å². The summed E-state index contributed by atoms with van der Waals surface area (Å²) in [6.07, 6.45) is 0. The molecule has 0 nitrogen and oxygen atoms in total. The van der Waals surface area contributed by atoms with Gasteiger partial charge in [0.2, 0.25) is 0 Å². The third-order valence-corrected chi connectivity index (χ3v) is 12.0. The molecular formula is C14H12S6. The van der Waals surface area contributed by atoms with Gasteiger partial charge in [-0.3, -0.25) is 0 Å². The highest BCUT2D eigenvalue weighted by atomic mass is 32.2. The smallest absolute Gasteiger partial charge is 0.108 e. The SMILES string of the molecule is Cc1sc(C)c2sc3sc4c(C)sc(C)c4sc=3sc12. The van der Waals surface area contributed by atoms with Crippen LogP contribution >= 0.6 is 68.0 Å². The third-order valence-electron chi connectivity index (χ3n) is 3.25. The molecule has 20 heavy (non-hydrogen) atoms. The number of hydrogen-bond donors (Lipinski definition) is 0. The summed E-state index contributed by atoms with van der Waals surface area (Å²) in [5.41, 5.74) is 0. The first-order valence-electron chi connectivity index (χ1n) is 6.20. The van der Waals surface area contributed by atoms with Crippen LogP contribution in [0.15, 0.2) is 0 Å². The number of hydrogen-bond acceptors (Lipinski definition) is 6. The van der Waals surface area contributed by atoms with Gasteiger partial charge in [-0.15, -0.1) is 68.0 Å². The van der Waals surface area contributed by atoms with Crippen LogP contribution in [-0.2, 0) is 0 Å².